The Labute approximate surface area is 131 Å². The molecule has 1 heterocycles. The van der Waals surface area contributed by atoms with Crippen molar-refractivity contribution in [3.05, 3.63) is 58.7 Å². The number of pyridine rings is 1. The molecule has 0 unspecified atom stereocenters. The lowest BCUT2D eigenvalue weighted by Crippen LogP contribution is -1.94. The van der Waals surface area contributed by atoms with E-state index in [-0.39, 0.29) is 0 Å². The second-order valence-corrected chi connectivity index (χ2v) is 5.68. The number of benzene rings is 2. The molecule has 0 spiro atoms. The maximum Gasteiger partial charge on any atom is 0.153 e. The molecule has 0 bridgehead atoms. The van der Waals surface area contributed by atoms with Crippen molar-refractivity contribution < 1.29 is 4.74 Å². The van der Waals surface area contributed by atoms with Crippen molar-refractivity contribution in [2.24, 2.45) is 0 Å². The minimum Gasteiger partial charge on any atom is -0.455 e. The Morgan fingerprint density at radius 3 is 2.76 bits per heavy atom. The van der Waals surface area contributed by atoms with Crippen LogP contribution < -0.4 is 10.5 Å². The summed E-state index contributed by atoms with van der Waals surface area (Å²) in [6, 6.07) is 13.7. The second kappa shape index (κ2) is 5.74. The van der Waals surface area contributed by atoms with Crippen LogP contribution in [0.3, 0.4) is 0 Å². The van der Waals surface area contributed by atoms with E-state index in [9.17, 15) is 0 Å². The van der Waals surface area contributed by atoms with Crippen LogP contribution in [0.4, 0.5) is 5.69 Å². The van der Waals surface area contributed by atoms with Gasteiger partial charge in [-0.25, -0.2) is 0 Å². The summed E-state index contributed by atoms with van der Waals surface area (Å²) in [6.07, 6.45) is 2.67. The molecule has 106 valence electrons. The van der Waals surface area contributed by atoms with Gasteiger partial charge in [0.05, 0.1) is 0 Å². The highest BCUT2D eigenvalue weighted by Gasteiger charge is 2.10. The van der Waals surface area contributed by atoms with Crippen LogP contribution >= 0.6 is 15.9 Å². The molecule has 3 aromatic rings. The van der Waals surface area contributed by atoms with E-state index in [1.165, 1.54) is 5.56 Å². The number of nitrogen functional groups attached to an aromatic ring is 1. The smallest absolute Gasteiger partial charge is 0.153 e. The zero-order valence-electron chi connectivity index (χ0n) is 11.6. The number of rotatable bonds is 3. The average molecular weight is 343 g/mol. The van der Waals surface area contributed by atoms with Gasteiger partial charge < -0.3 is 10.5 Å². The first-order valence-electron chi connectivity index (χ1n) is 6.78. The van der Waals surface area contributed by atoms with Crippen LogP contribution in [0.25, 0.3) is 10.9 Å². The Balaban J connectivity index is 2.11. The monoisotopic (exact) mass is 342 g/mol. The second-order valence-electron chi connectivity index (χ2n) is 4.77. The summed E-state index contributed by atoms with van der Waals surface area (Å²) in [7, 11) is 0. The molecular weight excluding hydrogens is 328 g/mol. The van der Waals surface area contributed by atoms with Gasteiger partial charge in [-0.3, -0.25) is 4.98 Å². The number of ether oxygens (including phenoxy) is 1. The third-order valence-electron chi connectivity index (χ3n) is 3.39. The number of fused-ring (bicyclic) bond motifs is 1. The number of aryl methyl sites for hydroxylation is 1. The zero-order valence-corrected chi connectivity index (χ0v) is 13.2. The van der Waals surface area contributed by atoms with Gasteiger partial charge in [-0.05, 0) is 52.2 Å². The summed E-state index contributed by atoms with van der Waals surface area (Å²) >= 11 is 3.42. The molecular formula is C17H15BrN2O. The Bertz CT molecular complexity index is 802. The lowest BCUT2D eigenvalue weighted by atomic mass is 10.1. The quantitative estimate of drug-likeness (QED) is 0.686. The van der Waals surface area contributed by atoms with Crippen molar-refractivity contribution >= 4 is 32.5 Å². The van der Waals surface area contributed by atoms with Crippen LogP contribution in [0.1, 0.15) is 12.5 Å². The first-order valence-corrected chi connectivity index (χ1v) is 7.58. The van der Waals surface area contributed by atoms with E-state index >= 15 is 0 Å². The van der Waals surface area contributed by atoms with Gasteiger partial charge in [0.25, 0.3) is 0 Å². The predicted molar refractivity (Wildman–Crippen MR) is 89.7 cm³/mol. The van der Waals surface area contributed by atoms with Gasteiger partial charge in [0.15, 0.2) is 5.75 Å². The SMILES string of the molecule is CCc1ccccc1Oc1ccc(N)c2cc(Br)cnc12. The minimum absolute atomic E-state index is 0.690. The maximum atomic E-state index is 6.08. The zero-order chi connectivity index (χ0) is 14.8. The number of hydrogen-bond acceptors (Lipinski definition) is 3. The molecule has 4 heteroatoms. The Hall–Kier alpha value is -2.07. The van der Waals surface area contributed by atoms with Crippen LogP contribution in [-0.2, 0) is 6.42 Å². The summed E-state index contributed by atoms with van der Waals surface area (Å²) in [5, 5.41) is 0.885. The molecule has 2 aromatic carbocycles. The number of para-hydroxylation sites is 1. The standard InChI is InChI=1S/C17H15BrN2O/c1-2-11-5-3-4-6-15(11)21-16-8-7-14(19)13-9-12(18)10-20-17(13)16/h3-10H,2,19H2,1H3. The maximum absolute atomic E-state index is 6.08. The topological polar surface area (TPSA) is 48.1 Å². The number of hydrogen-bond donors (Lipinski definition) is 1. The molecule has 0 saturated heterocycles. The van der Waals surface area contributed by atoms with E-state index in [4.69, 9.17) is 10.5 Å². The first-order chi connectivity index (χ1) is 10.2. The number of halogens is 1. The van der Waals surface area contributed by atoms with Gasteiger partial charge in [0, 0.05) is 21.7 Å². The molecule has 0 aliphatic rings. The first kappa shape index (κ1) is 13.9. The number of nitrogens with zero attached hydrogens (tertiary/aromatic N) is 1. The summed E-state index contributed by atoms with van der Waals surface area (Å²) in [5.74, 6) is 1.57. The molecule has 1 aromatic heterocycles. The van der Waals surface area contributed by atoms with Crippen LogP contribution in [-0.4, -0.2) is 4.98 Å². The number of aromatic nitrogens is 1. The molecule has 0 fully saturated rings. The summed E-state index contributed by atoms with van der Waals surface area (Å²) in [5.41, 5.74) is 8.65. The molecule has 0 aliphatic carbocycles. The third kappa shape index (κ3) is 2.72. The fourth-order valence-corrected chi connectivity index (χ4v) is 2.62. The number of nitrogens with two attached hydrogens (primary N) is 1. The molecule has 0 atom stereocenters. The lowest BCUT2D eigenvalue weighted by molar-refractivity contribution is 0.481. The minimum atomic E-state index is 0.690. The molecule has 0 amide bonds. The van der Waals surface area contributed by atoms with E-state index in [0.717, 1.165) is 27.5 Å². The normalized spacial score (nSPS) is 10.8. The van der Waals surface area contributed by atoms with Crippen LogP contribution in [0.2, 0.25) is 0 Å². The molecule has 21 heavy (non-hydrogen) atoms. The summed E-state index contributed by atoms with van der Waals surface area (Å²) in [4.78, 5) is 4.44. The van der Waals surface area contributed by atoms with Gasteiger partial charge >= 0.3 is 0 Å². The van der Waals surface area contributed by atoms with E-state index in [2.05, 4.69) is 33.9 Å². The predicted octanol–water partition coefficient (Wildman–Crippen LogP) is 4.93. The largest absolute Gasteiger partial charge is 0.455 e. The van der Waals surface area contributed by atoms with Crippen LogP contribution in [0.15, 0.2) is 53.1 Å². The van der Waals surface area contributed by atoms with Crippen molar-refractivity contribution in [2.75, 3.05) is 5.73 Å². The fourth-order valence-electron chi connectivity index (χ4n) is 2.29. The van der Waals surface area contributed by atoms with E-state index in [0.29, 0.717) is 11.4 Å². The fraction of sp³-hybridized carbons (Fsp3) is 0.118. The molecule has 3 nitrogen and oxygen atoms in total. The van der Waals surface area contributed by atoms with Crippen molar-refractivity contribution in [1.82, 2.24) is 4.98 Å². The highest BCUT2D eigenvalue weighted by atomic mass is 79.9. The van der Waals surface area contributed by atoms with Gasteiger partial charge in [0.1, 0.15) is 11.3 Å². The van der Waals surface area contributed by atoms with E-state index < -0.39 is 0 Å². The van der Waals surface area contributed by atoms with Crippen molar-refractivity contribution in [1.29, 1.82) is 0 Å². The van der Waals surface area contributed by atoms with Gasteiger partial charge in [-0.2, -0.15) is 0 Å². The van der Waals surface area contributed by atoms with Gasteiger partial charge in [0.2, 0.25) is 0 Å². The number of anilines is 1. The van der Waals surface area contributed by atoms with Crippen molar-refractivity contribution in [3.63, 3.8) is 0 Å². The summed E-state index contributed by atoms with van der Waals surface area (Å²) in [6.45, 7) is 2.11. The molecule has 0 saturated carbocycles. The van der Waals surface area contributed by atoms with E-state index in [1.54, 1.807) is 6.20 Å². The molecule has 0 radical (unpaired) electrons. The van der Waals surface area contributed by atoms with Gasteiger partial charge in [-0.1, -0.05) is 25.1 Å². The molecule has 3 rings (SSSR count). The van der Waals surface area contributed by atoms with Crippen molar-refractivity contribution in [3.8, 4) is 11.5 Å². The van der Waals surface area contributed by atoms with E-state index in [1.807, 2.05) is 36.4 Å². The Kier molecular flexibility index (Phi) is 3.80. The highest BCUT2D eigenvalue weighted by Crippen LogP contribution is 2.34. The van der Waals surface area contributed by atoms with Crippen molar-refractivity contribution in [2.45, 2.75) is 13.3 Å². The Morgan fingerprint density at radius 2 is 1.95 bits per heavy atom. The van der Waals surface area contributed by atoms with Gasteiger partial charge in [-0.15, -0.1) is 0 Å². The summed E-state index contributed by atoms with van der Waals surface area (Å²) < 4.78 is 6.97. The molecule has 0 aliphatic heterocycles. The lowest BCUT2D eigenvalue weighted by Gasteiger charge is -2.12. The Morgan fingerprint density at radius 1 is 1.14 bits per heavy atom. The average Bonchev–Trinajstić information content (AvgIpc) is 2.51. The highest BCUT2D eigenvalue weighted by molar-refractivity contribution is 9.10. The van der Waals surface area contributed by atoms with Crippen LogP contribution in [0, 0.1) is 0 Å². The van der Waals surface area contributed by atoms with Crippen LogP contribution in [0.5, 0.6) is 11.5 Å². The third-order valence-corrected chi connectivity index (χ3v) is 3.82. The molecule has 2 N–H and O–H groups in total.